The molecule has 0 atom stereocenters. The van der Waals surface area contributed by atoms with E-state index in [2.05, 4.69) is 36.3 Å². The van der Waals surface area contributed by atoms with Gasteiger partial charge in [-0.1, -0.05) is 41.2 Å². The highest BCUT2D eigenvalue weighted by Crippen LogP contribution is 2.33. The maximum atomic E-state index is 12.5. The van der Waals surface area contributed by atoms with E-state index >= 15 is 0 Å². The predicted molar refractivity (Wildman–Crippen MR) is 115 cm³/mol. The number of hydrogen-bond acceptors (Lipinski definition) is 4. The molecule has 1 aromatic heterocycles. The zero-order chi connectivity index (χ0) is 19.7. The van der Waals surface area contributed by atoms with Crippen molar-refractivity contribution < 1.29 is 9.53 Å². The third-order valence-corrected chi connectivity index (χ3v) is 6.30. The number of likely N-dealkylation sites (tertiary alicyclic amines) is 1. The number of aromatic nitrogens is 1. The molecule has 0 bridgehead atoms. The van der Waals surface area contributed by atoms with Crippen LogP contribution in [0.25, 0.3) is 10.2 Å². The Hall–Kier alpha value is -2.60. The molecular weight excluding hydrogens is 370 g/mol. The molecule has 3 aromatic rings. The molecule has 1 saturated heterocycles. The number of carbonyl (C=O) groups excluding carboxylic acids is 1. The summed E-state index contributed by atoms with van der Waals surface area (Å²) >= 11 is 1.62. The summed E-state index contributed by atoms with van der Waals surface area (Å²) in [6.45, 7) is 7.59. The Morgan fingerprint density at radius 2 is 1.75 bits per heavy atom. The molecule has 4 rings (SSSR count). The monoisotopic (exact) mass is 395 g/mol. The van der Waals surface area contributed by atoms with Crippen molar-refractivity contribution in [1.29, 1.82) is 0 Å². The summed E-state index contributed by atoms with van der Waals surface area (Å²) in [4.78, 5) is 19.0. The molecule has 0 spiro atoms. The summed E-state index contributed by atoms with van der Waals surface area (Å²) < 4.78 is 7.36. The van der Waals surface area contributed by atoms with Gasteiger partial charge >= 0.3 is 6.03 Å². The van der Waals surface area contributed by atoms with Gasteiger partial charge in [-0.3, -0.25) is 0 Å². The van der Waals surface area contributed by atoms with E-state index in [1.807, 2.05) is 36.1 Å². The Morgan fingerprint density at radius 3 is 2.43 bits per heavy atom. The van der Waals surface area contributed by atoms with E-state index in [9.17, 15) is 4.79 Å². The number of rotatable bonds is 3. The highest BCUT2D eigenvalue weighted by molar-refractivity contribution is 7.20. The summed E-state index contributed by atoms with van der Waals surface area (Å²) in [7, 11) is 0. The topological polar surface area (TPSA) is 54.5 Å². The van der Waals surface area contributed by atoms with Crippen LogP contribution in [-0.2, 0) is 0 Å². The number of aryl methyl sites for hydroxylation is 3. The van der Waals surface area contributed by atoms with Crippen LogP contribution in [0.2, 0.25) is 0 Å². The van der Waals surface area contributed by atoms with Gasteiger partial charge in [0.1, 0.15) is 6.10 Å². The quantitative estimate of drug-likeness (QED) is 0.655. The van der Waals surface area contributed by atoms with E-state index in [1.165, 1.54) is 21.4 Å². The number of hydrogen-bond donors (Lipinski definition) is 1. The van der Waals surface area contributed by atoms with Gasteiger partial charge in [0.25, 0.3) is 5.19 Å². The number of urea groups is 1. The van der Waals surface area contributed by atoms with Crippen molar-refractivity contribution in [2.24, 2.45) is 0 Å². The Kier molecular flexibility index (Phi) is 5.22. The minimum Gasteiger partial charge on any atom is -0.467 e. The Bertz CT molecular complexity index is 950. The summed E-state index contributed by atoms with van der Waals surface area (Å²) in [5.74, 6) is 0. The van der Waals surface area contributed by atoms with E-state index in [0.29, 0.717) is 13.1 Å². The lowest BCUT2D eigenvalue weighted by atomic mass is 10.1. The van der Waals surface area contributed by atoms with E-state index < -0.39 is 0 Å². The van der Waals surface area contributed by atoms with Crippen molar-refractivity contribution in [2.45, 2.75) is 39.7 Å². The second-order valence-electron chi connectivity index (χ2n) is 7.46. The first kappa shape index (κ1) is 18.7. The van der Waals surface area contributed by atoms with Crippen LogP contribution < -0.4 is 10.1 Å². The van der Waals surface area contributed by atoms with Gasteiger partial charge in [0.2, 0.25) is 0 Å². The minimum atomic E-state index is -0.0476. The molecule has 1 fully saturated rings. The van der Waals surface area contributed by atoms with Crippen LogP contribution in [0, 0.1) is 20.8 Å². The molecule has 0 radical (unpaired) electrons. The van der Waals surface area contributed by atoms with Crippen LogP contribution in [0.3, 0.4) is 0 Å². The number of carbonyl (C=O) groups is 1. The molecule has 0 aliphatic carbocycles. The number of benzene rings is 2. The second-order valence-corrected chi connectivity index (χ2v) is 8.42. The molecule has 5 nitrogen and oxygen atoms in total. The number of piperidine rings is 1. The molecular formula is C22H25N3O2S. The van der Waals surface area contributed by atoms with E-state index in [4.69, 9.17) is 4.74 Å². The van der Waals surface area contributed by atoms with Crippen molar-refractivity contribution >= 4 is 33.3 Å². The first-order chi connectivity index (χ1) is 13.5. The first-order valence-corrected chi connectivity index (χ1v) is 10.5. The molecule has 2 heterocycles. The third kappa shape index (κ3) is 3.97. The van der Waals surface area contributed by atoms with Gasteiger partial charge in [-0.25, -0.2) is 9.78 Å². The van der Waals surface area contributed by atoms with Crippen LogP contribution in [0.5, 0.6) is 5.19 Å². The molecule has 1 aliphatic rings. The Balaban J connectivity index is 1.34. The molecule has 0 unspecified atom stereocenters. The molecule has 2 aromatic carbocycles. The summed E-state index contributed by atoms with van der Waals surface area (Å²) in [5, 5.41) is 3.70. The standard InChI is InChI=1S/C22H25N3O2S/c1-14-4-8-17(9-5-14)23-21(26)25-12-10-18(11-13-25)27-22-24-19-15(2)6-7-16(3)20(19)28-22/h4-9,18H,10-13H2,1-3H3,(H,23,26). The number of nitrogens with zero attached hydrogens (tertiary/aromatic N) is 2. The third-order valence-electron chi connectivity index (χ3n) is 5.22. The van der Waals surface area contributed by atoms with Gasteiger partial charge in [-0.15, -0.1) is 0 Å². The Morgan fingerprint density at radius 1 is 1.07 bits per heavy atom. The molecule has 2 amide bonds. The van der Waals surface area contributed by atoms with Gasteiger partial charge in [0.05, 0.1) is 10.2 Å². The van der Waals surface area contributed by atoms with Crippen molar-refractivity contribution in [3.63, 3.8) is 0 Å². The van der Waals surface area contributed by atoms with Crippen LogP contribution in [0.1, 0.15) is 29.5 Å². The number of fused-ring (bicyclic) bond motifs is 1. The summed E-state index contributed by atoms with van der Waals surface area (Å²) in [6, 6.07) is 12.0. The fraction of sp³-hybridized carbons (Fsp3) is 0.364. The average Bonchev–Trinajstić information content (AvgIpc) is 3.12. The fourth-order valence-electron chi connectivity index (χ4n) is 3.45. The predicted octanol–water partition coefficient (Wildman–Crippen LogP) is 5.30. The van der Waals surface area contributed by atoms with E-state index in [1.54, 1.807) is 11.3 Å². The molecule has 6 heteroatoms. The average molecular weight is 396 g/mol. The molecule has 1 aliphatic heterocycles. The Labute approximate surface area is 169 Å². The van der Waals surface area contributed by atoms with Crippen LogP contribution >= 0.6 is 11.3 Å². The zero-order valence-corrected chi connectivity index (χ0v) is 17.3. The minimum absolute atomic E-state index is 0.0476. The lowest BCUT2D eigenvalue weighted by Crippen LogP contribution is -2.43. The van der Waals surface area contributed by atoms with Crippen molar-refractivity contribution in [1.82, 2.24) is 9.88 Å². The van der Waals surface area contributed by atoms with Gasteiger partial charge < -0.3 is 15.0 Å². The normalized spacial score (nSPS) is 15.0. The van der Waals surface area contributed by atoms with Gasteiger partial charge in [0, 0.05) is 31.6 Å². The highest BCUT2D eigenvalue weighted by Gasteiger charge is 2.25. The SMILES string of the molecule is Cc1ccc(NC(=O)N2CCC(Oc3nc4c(C)ccc(C)c4s3)CC2)cc1. The van der Waals surface area contributed by atoms with Gasteiger partial charge in [-0.05, 0) is 44.0 Å². The number of ether oxygens (including phenoxy) is 1. The zero-order valence-electron chi connectivity index (χ0n) is 16.5. The van der Waals surface area contributed by atoms with Crippen LogP contribution in [0.4, 0.5) is 10.5 Å². The fourth-order valence-corrected chi connectivity index (χ4v) is 4.48. The lowest BCUT2D eigenvalue weighted by Gasteiger charge is -2.31. The smallest absolute Gasteiger partial charge is 0.321 e. The van der Waals surface area contributed by atoms with Crippen LogP contribution in [0.15, 0.2) is 36.4 Å². The molecule has 0 saturated carbocycles. The number of thiazole rings is 1. The maximum Gasteiger partial charge on any atom is 0.321 e. The number of anilines is 1. The maximum absolute atomic E-state index is 12.5. The molecule has 28 heavy (non-hydrogen) atoms. The highest BCUT2D eigenvalue weighted by atomic mass is 32.1. The van der Waals surface area contributed by atoms with E-state index in [0.717, 1.165) is 29.2 Å². The van der Waals surface area contributed by atoms with Gasteiger partial charge in [-0.2, -0.15) is 0 Å². The van der Waals surface area contributed by atoms with Crippen molar-refractivity contribution in [3.8, 4) is 5.19 Å². The van der Waals surface area contributed by atoms with Crippen LogP contribution in [-0.4, -0.2) is 35.1 Å². The number of nitrogens with one attached hydrogen (secondary N) is 1. The molecule has 1 N–H and O–H groups in total. The largest absolute Gasteiger partial charge is 0.467 e. The molecule has 146 valence electrons. The van der Waals surface area contributed by atoms with Crippen molar-refractivity contribution in [3.05, 3.63) is 53.1 Å². The van der Waals surface area contributed by atoms with Gasteiger partial charge in [0.15, 0.2) is 0 Å². The number of amides is 2. The summed E-state index contributed by atoms with van der Waals surface area (Å²) in [5.41, 5.74) is 5.45. The lowest BCUT2D eigenvalue weighted by molar-refractivity contribution is 0.115. The second kappa shape index (κ2) is 7.80. The van der Waals surface area contributed by atoms with E-state index in [-0.39, 0.29) is 12.1 Å². The van der Waals surface area contributed by atoms with Crippen molar-refractivity contribution in [2.75, 3.05) is 18.4 Å². The first-order valence-electron chi connectivity index (χ1n) is 9.65. The summed E-state index contributed by atoms with van der Waals surface area (Å²) in [6.07, 6.45) is 1.73.